The summed E-state index contributed by atoms with van der Waals surface area (Å²) >= 11 is 0. The van der Waals surface area contributed by atoms with Crippen molar-refractivity contribution < 1.29 is 22.4 Å². The summed E-state index contributed by atoms with van der Waals surface area (Å²) in [5.74, 6) is 0.176. The van der Waals surface area contributed by atoms with Crippen LogP contribution in [-0.4, -0.2) is 39.8 Å². The van der Waals surface area contributed by atoms with Crippen molar-refractivity contribution in [1.82, 2.24) is 14.7 Å². The molecule has 206 valence electrons. The molecular formula is C29H31F4N5O. The van der Waals surface area contributed by atoms with E-state index in [0.717, 1.165) is 30.0 Å². The van der Waals surface area contributed by atoms with Crippen molar-refractivity contribution >= 4 is 17.5 Å². The van der Waals surface area contributed by atoms with Gasteiger partial charge in [-0.3, -0.25) is 9.58 Å². The molecule has 0 unspecified atom stereocenters. The first-order valence-corrected chi connectivity index (χ1v) is 13.5. The second kappa shape index (κ2) is 9.57. The van der Waals surface area contributed by atoms with Crippen molar-refractivity contribution in [3.8, 4) is 0 Å². The Balaban J connectivity index is 1.31. The molecule has 1 aliphatic carbocycles. The molecule has 2 amide bonds. The molecule has 6 nitrogen and oxygen atoms in total. The Morgan fingerprint density at radius 3 is 2.36 bits per heavy atom. The molecule has 1 atom stereocenters. The van der Waals surface area contributed by atoms with E-state index >= 15 is 0 Å². The molecule has 0 spiro atoms. The highest BCUT2D eigenvalue weighted by molar-refractivity contribution is 5.94. The summed E-state index contributed by atoms with van der Waals surface area (Å²) in [7, 11) is 0. The smallest absolute Gasteiger partial charge is 0.369 e. The number of aromatic nitrogens is 2. The lowest BCUT2D eigenvalue weighted by Crippen LogP contribution is -2.55. The maximum atomic E-state index is 14.6. The topological polar surface area (TPSA) is 44.6 Å². The number of amides is 2. The van der Waals surface area contributed by atoms with E-state index in [4.69, 9.17) is 5.10 Å². The highest BCUT2D eigenvalue weighted by atomic mass is 19.4. The lowest BCUT2D eigenvalue weighted by molar-refractivity contribution is -0.138. The van der Waals surface area contributed by atoms with E-state index in [2.05, 4.69) is 0 Å². The molecule has 2 aromatic carbocycles. The minimum absolute atomic E-state index is 0.0321. The van der Waals surface area contributed by atoms with Crippen molar-refractivity contribution in [3.05, 3.63) is 76.7 Å². The number of hydrogen-bond acceptors (Lipinski definition) is 3. The minimum atomic E-state index is -4.53. The second-order valence-corrected chi connectivity index (χ2v) is 10.8. The number of benzene rings is 2. The zero-order valence-corrected chi connectivity index (χ0v) is 22.0. The van der Waals surface area contributed by atoms with Crippen LogP contribution < -0.4 is 9.80 Å². The van der Waals surface area contributed by atoms with Gasteiger partial charge < -0.3 is 9.80 Å². The number of rotatable bonds is 5. The zero-order chi connectivity index (χ0) is 27.5. The number of halogens is 4. The first-order chi connectivity index (χ1) is 18.6. The monoisotopic (exact) mass is 541 g/mol. The Kier molecular flexibility index (Phi) is 6.31. The van der Waals surface area contributed by atoms with Gasteiger partial charge in [-0.05, 0) is 62.8 Å². The number of aryl methyl sites for hydroxylation is 1. The van der Waals surface area contributed by atoms with Gasteiger partial charge in [-0.25, -0.2) is 9.18 Å². The lowest BCUT2D eigenvalue weighted by atomic mass is 9.96. The Morgan fingerprint density at radius 2 is 1.69 bits per heavy atom. The number of alkyl halides is 3. The third-order valence-electron chi connectivity index (χ3n) is 8.25. The quantitative estimate of drug-likeness (QED) is 0.332. The van der Waals surface area contributed by atoms with Crippen molar-refractivity contribution in [2.24, 2.45) is 0 Å². The fourth-order valence-corrected chi connectivity index (χ4v) is 6.08. The second-order valence-electron chi connectivity index (χ2n) is 10.8. The third-order valence-corrected chi connectivity index (χ3v) is 8.25. The Morgan fingerprint density at radius 1 is 0.974 bits per heavy atom. The van der Waals surface area contributed by atoms with Crippen LogP contribution in [-0.2, 0) is 12.7 Å². The molecule has 0 N–H and O–H groups in total. The Bertz CT molecular complexity index is 1370. The third kappa shape index (κ3) is 4.63. The van der Waals surface area contributed by atoms with Crippen LogP contribution in [0.2, 0.25) is 0 Å². The van der Waals surface area contributed by atoms with Crippen molar-refractivity contribution in [2.75, 3.05) is 22.9 Å². The number of urea groups is 1. The van der Waals surface area contributed by atoms with Gasteiger partial charge in [-0.15, -0.1) is 0 Å². The average molecular weight is 542 g/mol. The molecule has 3 aliphatic rings. The van der Waals surface area contributed by atoms with E-state index in [-0.39, 0.29) is 42.1 Å². The lowest BCUT2D eigenvalue weighted by Gasteiger charge is -2.46. The molecular weight excluding hydrogens is 510 g/mol. The Labute approximate surface area is 224 Å². The maximum Gasteiger partial charge on any atom is 0.416 e. The van der Waals surface area contributed by atoms with Crippen LogP contribution in [0.1, 0.15) is 66.9 Å². The van der Waals surface area contributed by atoms with Crippen molar-refractivity contribution in [1.29, 1.82) is 0 Å². The molecule has 2 aliphatic heterocycles. The summed E-state index contributed by atoms with van der Waals surface area (Å²) in [6, 6.07) is 9.95. The van der Waals surface area contributed by atoms with Gasteiger partial charge in [0.25, 0.3) is 0 Å². The van der Waals surface area contributed by atoms with E-state index in [1.165, 1.54) is 23.1 Å². The van der Waals surface area contributed by atoms with Crippen LogP contribution in [0.25, 0.3) is 0 Å². The zero-order valence-electron chi connectivity index (χ0n) is 22.0. The molecule has 1 aromatic heterocycles. The summed E-state index contributed by atoms with van der Waals surface area (Å²) in [6.45, 7) is 4.78. The van der Waals surface area contributed by atoms with Gasteiger partial charge in [0.1, 0.15) is 5.82 Å². The van der Waals surface area contributed by atoms with Crippen LogP contribution >= 0.6 is 0 Å². The molecule has 3 heterocycles. The first-order valence-electron chi connectivity index (χ1n) is 13.5. The van der Waals surface area contributed by atoms with Crippen LogP contribution in [0.5, 0.6) is 0 Å². The number of hydrogen-bond donors (Lipinski definition) is 0. The normalized spacial score (nSPS) is 20.5. The number of carbonyl (C=O) groups is 1. The van der Waals surface area contributed by atoms with Crippen molar-refractivity contribution in [3.63, 3.8) is 0 Å². The number of nitrogens with zero attached hydrogens (tertiary/aromatic N) is 5. The predicted molar refractivity (Wildman–Crippen MR) is 140 cm³/mol. The maximum absolute atomic E-state index is 14.6. The van der Waals surface area contributed by atoms with E-state index in [0.29, 0.717) is 37.4 Å². The summed E-state index contributed by atoms with van der Waals surface area (Å²) in [6.07, 6.45) is 0.675. The van der Waals surface area contributed by atoms with Crippen LogP contribution in [0.15, 0.2) is 48.7 Å². The molecule has 0 radical (unpaired) electrons. The van der Waals surface area contributed by atoms with Crippen LogP contribution in [0, 0.1) is 12.7 Å². The molecule has 2 fully saturated rings. The molecule has 1 saturated heterocycles. The SMILES string of the molecule is Cc1cccc(F)c1N1CCC(N2C(=O)N(Cc3ccccc3C(F)(F)F)c3nn(C4CC4)cc3[C@@H]2C)CC1. The number of fused-ring (bicyclic) bond motifs is 1. The number of anilines is 2. The summed E-state index contributed by atoms with van der Waals surface area (Å²) in [5, 5.41) is 4.70. The summed E-state index contributed by atoms with van der Waals surface area (Å²) in [4.78, 5) is 19.3. The van der Waals surface area contributed by atoms with E-state index in [1.807, 2.05) is 40.6 Å². The molecule has 1 saturated carbocycles. The average Bonchev–Trinajstić information content (AvgIpc) is 3.65. The van der Waals surface area contributed by atoms with Gasteiger partial charge in [0.15, 0.2) is 5.82 Å². The molecule has 6 rings (SSSR count). The fourth-order valence-electron chi connectivity index (χ4n) is 6.08. The highest BCUT2D eigenvalue weighted by Gasteiger charge is 2.44. The molecule has 10 heteroatoms. The Hall–Kier alpha value is -3.56. The van der Waals surface area contributed by atoms with E-state index in [9.17, 15) is 22.4 Å². The van der Waals surface area contributed by atoms with Gasteiger partial charge in [0, 0.05) is 30.9 Å². The number of para-hydroxylation sites is 1. The largest absolute Gasteiger partial charge is 0.416 e. The van der Waals surface area contributed by atoms with Gasteiger partial charge in [-0.2, -0.15) is 18.3 Å². The molecule has 3 aromatic rings. The van der Waals surface area contributed by atoms with E-state index in [1.54, 1.807) is 12.1 Å². The standard InChI is InChI=1S/C29H31F4N5O/c1-18-6-5-9-25(30)26(18)35-14-12-22(13-15-35)38-19(2)23-17-37(21-10-11-21)34-27(23)36(28(38)39)16-20-7-3-4-8-24(20)29(31,32)33/h3-9,17,19,21-22H,10-16H2,1-2H3/t19-/m0/s1. The predicted octanol–water partition coefficient (Wildman–Crippen LogP) is 6.86. The summed E-state index contributed by atoms with van der Waals surface area (Å²) < 4.78 is 57.9. The van der Waals surface area contributed by atoms with E-state index < -0.39 is 11.7 Å². The van der Waals surface area contributed by atoms with Gasteiger partial charge in [0.2, 0.25) is 0 Å². The number of piperidine rings is 1. The van der Waals surface area contributed by atoms with Crippen LogP contribution in [0.4, 0.5) is 33.9 Å². The van der Waals surface area contributed by atoms with Crippen molar-refractivity contribution in [2.45, 2.75) is 70.4 Å². The first kappa shape index (κ1) is 25.7. The number of carbonyl (C=O) groups excluding carboxylic acids is 1. The summed E-state index contributed by atoms with van der Waals surface area (Å²) in [5.41, 5.74) is 1.58. The van der Waals surface area contributed by atoms with Crippen LogP contribution in [0.3, 0.4) is 0 Å². The fraction of sp³-hybridized carbons (Fsp3) is 0.448. The minimum Gasteiger partial charge on any atom is -0.369 e. The highest BCUT2D eigenvalue weighted by Crippen LogP contribution is 2.44. The van der Waals surface area contributed by atoms with Gasteiger partial charge in [0.05, 0.1) is 29.9 Å². The molecule has 0 bridgehead atoms. The van der Waals surface area contributed by atoms with Gasteiger partial charge >= 0.3 is 12.2 Å². The van der Waals surface area contributed by atoms with Gasteiger partial charge in [-0.1, -0.05) is 30.3 Å². The molecule has 39 heavy (non-hydrogen) atoms.